The summed E-state index contributed by atoms with van der Waals surface area (Å²) in [4.78, 5) is 7.07. The minimum atomic E-state index is -3.67. The van der Waals surface area contributed by atoms with Crippen LogP contribution in [0.3, 0.4) is 0 Å². The number of halogens is 3. The van der Waals surface area contributed by atoms with Gasteiger partial charge in [-0.05, 0) is 12.1 Å². The number of hydrogen-bond acceptors (Lipinski definition) is 1. The Morgan fingerprint density at radius 1 is 1.15 bits per heavy atom. The van der Waals surface area contributed by atoms with Crippen LogP contribution in [0, 0.1) is 0 Å². The van der Waals surface area contributed by atoms with Crippen molar-refractivity contribution < 1.29 is 13.2 Å². The molecule has 0 aliphatic heterocycles. The number of nitrogens with one attached hydrogen (secondary N) is 1. The first-order valence-electron chi connectivity index (χ1n) is 3.50. The fourth-order valence-electron chi connectivity index (χ4n) is 0.880. The molecule has 5 heteroatoms. The first-order chi connectivity index (χ1) is 6.20. The zero-order chi connectivity index (χ0) is 9.68. The Bertz CT molecular complexity index is 326. The van der Waals surface area contributed by atoms with E-state index in [2.05, 4.69) is 9.97 Å². The van der Waals surface area contributed by atoms with Crippen LogP contribution in [0.5, 0.6) is 0 Å². The molecule has 2 aromatic rings. The fraction of sp³-hybridized carbons (Fsp3) is 0.125. The number of rotatable bonds is 0. The van der Waals surface area contributed by atoms with Gasteiger partial charge in [0, 0.05) is 0 Å². The second kappa shape index (κ2) is 4.49. The van der Waals surface area contributed by atoms with E-state index in [1.54, 1.807) is 6.33 Å². The highest BCUT2D eigenvalue weighted by atomic mass is 19.4. The number of benzene rings is 1. The molecule has 0 fully saturated rings. The molecule has 0 amide bonds. The quantitative estimate of drug-likeness (QED) is 0.676. The van der Waals surface area contributed by atoms with Crippen molar-refractivity contribution in [1.82, 2.24) is 9.97 Å². The van der Waals surface area contributed by atoms with Crippen LogP contribution < -0.4 is 0 Å². The molecule has 2 rings (SSSR count). The number of aromatic amines is 1. The number of hydrogen-bond donors (Lipinski definition) is 1. The van der Waals surface area contributed by atoms with Gasteiger partial charge in [0.1, 0.15) is 0 Å². The van der Waals surface area contributed by atoms with Crippen molar-refractivity contribution in [3.8, 4) is 0 Å². The number of para-hydroxylation sites is 2. The Morgan fingerprint density at radius 2 is 1.77 bits per heavy atom. The fourth-order valence-corrected chi connectivity index (χ4v) is 0.880. The largest absolute Gasteiger partial charge is 0.379 e. The summed E-state index contributed by atoms with van der Waals surface area (Å²) in [7, 11) is 0. The van der Waals surface area contributed by atoms with Gasteiger partial charge < -0.3 is 4.98 Å². The standard InChI is InChI=1S/C7H6N2.CHF3/c1-2-4-7-6(3-1)8-5-9-7;2-1(3)4/h1-5H,(H,8,9);1H. The molecule has 2 nitrogen and oxygen atoms in total. The number of nitrogens with zero attached hydrogens (tertiary/aromatic N) is 1. The minimum Gasteiger partial charge on any atom is -0.345 e. The maximum absolute atomic E-state index is 9.67. The lowest BCUT2D eigenvalue weighted by Crippen LogP contribution is -1.65. The van der Waals surface area contributed by atoms with E-state index in [-0.39, 0.29) is 0 Å². The second-order valence-electron chi connectivity index (χ2n) is 2.17. The molecule has 0 saturated carbocycles. The minimum absolute atomic E-state index is 1.03. The first-order valence-corrected chi connectivity index (χ1v) is 3.50. The van der Waals surface area contributed by atoms with Gasteiger partial charge in [-0.25, -0.2) is 4.98 Å². The van der Waals surface area contributed by atoms with Crippen LogP contribution in [0.2, 0.25) is 0 Å². The highest BCUT2D eigenvalue weighted by molar-refractivity contribution is 5.73. The van der Waals surface area contributed by atoms with Crippen LogP contribution in [0.25, 0.3) is 11.0 Å². The van der Waals surface area contributed by atoms with Crippen LogP contribution in [0.4, 0.5) is 13.2 Å². The number of fused-ring (bicyclic) bond motifs is 1. The average molecular weight is 188 g/mol. The normalized spacial score (nSPS) is 9.85. The molecular formula is C8H7F3N2. The van der Waals surface area contributed by atoms with Gasteiger partial charge in [0.05, 0.1) is 17.4 Å². The van der Waals surface area contributed by atoms with Crippen molar-refractivity contribution in [3.63, 3.8) is 0 Å². The summed E-state index contributed by atoms with van der Waals surface area (Å²) in [6, 6.07) is 7.94. The molecule has 0 atom stereocenters. The third-order valence-electron chi connectivity index (χ3n) is 1.33. The van der Waals surface area contributed by atoms with Crippen LogP contribution >= 0.6 is 0 Å². The maximum atomic E-state index is 9.67. The molecule has 1 aromatic carbocycles. The smallest absolute Gasteiger partial charge is 0.345 e. The SMILES string of the molecule is FC(F)F.c1ccc2[nH]cnc2c1. The van der Waals surface area contributed by atoms with Gasteiger partial charge in [-0.1, -0.05) is 12.1 Å². The Morgan fingerprint density at radius 3 is 2.38 bits per heavy atom. The number of H-pyrrole nitrogens is 1. The van der Waals surface area contributed by atoms with Crippen molar-refractivity contribution in [2.75, 3.05) is 0 Å². The number of alkyl halides is 3. The van der Waals surface area contributed by atoms with Crippen LogP contribution in [-0.4, -0.2) is 16.6 Å². The molecule has 1 aromatic heterocycles. The van der Waals surface area contributed by atoms with Gasteiger partial charge in [0.25, 0.3) is 0 Å². The van der Waals surface area contributed by atoms with E-state index in [9.17, 15) is 13.2 Å². The van der Waals surface area contributed by atoms with Crippen molar-refractivity contribution >= 4 is 11.0 Å². The Labute approximate surface area is 72.4 Å². The lowest BCUT2D eigenvalue weighted by Gasteiger charge is -1.81. The third kappa shape index (κ3) is 3.14. The number of imidazole rings is 1. The lowest BCUT2D eigenvalue weighted by molar-refractivity contribution is 0.00819. The molecule has 0 unspecified atom stereocenters. The van der Waals surface area contributed by atoms with E-state index in [0.29, 0.717) is 0 Å². The Hall–Kier alpha value is -1.52. The van der Waals surface area contributed by atoms with Crippen molar-refractivity contribution in [3.05, 3.63) is 30.6 Å². The zero-order valence-corrected chi connectivity index (χ0v) is 6.55. The second-order valence-corrected chi connectivity index (χ2v) is 2.17. The summed E-state index contributed by atoms with van der Waals surface area (Å²) in [6.07, 6.45) is 1.70. The summed E-state index contributed by atoms with van der Waals surface area (Å²) in [5.74, 6) is 0. The van der Waals surface area contributed by atoms with Gasteiger partial charge in [-0.15, -0.1) is 0 Å². The van der Waals surface area contributed by atoms with Gasteiger partial charge in [-0.3, -0.25) is 0 Å². The van der Waals surface area contributed by atoms with Crippen LogP contribution in [0.1, 0.15) is 0 Å². The molecule has 0 bridgehead atoms. The summed E-state index contributed by atoms with van der Waals surface area (Å²) in [5, 5.41) is 0. The van der Waals surface area contributed by atoms with Gasteiger partial charge in [0.2, 0.25) is 0 Å². The van der Waals surface area contributed by atoms with Crippen LogP contribution in [0.15, 0.2) is 30.6 Å². The topological polar surface area (TPSA) is 28.7 Å². The average Bonchev–Trinajstić information content (AvgIpc) is 2.49. The summed E-state index contributed by atoms with van der Waals surface area (Å²) < 4.78 is 29.0. The van der Waals surface area contributed by atoms with Gasteiger partial charge >= 0.3 is 6.68 Å². The summed E-state index contributed by atoms with van der Waals surface area (Å²) >= 11 is 0. The highest BCUT2D eigenvalue weighted by Gasteiger charge is 1.88. The predicted molar refractivity (Wildman–Crippen MR) is 43.2 cm³/mol. The zero-order valence-electron chi connectivity index (χ0n) is 6.55. The summed E-state index contributed by atoms with van der Waals surface area (Å²) in [6.45, 7) is -3.67. The first kappa shape index (κ1) is 9.57. The van der Waals surface area contributed by atoms with Crippen molar-refractivity contribution in [1.29, 1.82) is 0 Å². The van der Waals surface area contributed by atoms with E-state index in [1.165, 1.54) is 0 Å². The third-order valence-corrected chi connectivity index (χ3v) is 1.33. The van der Waals surface area contributed by atoms with E-state index >= 15 is 0 Å². The molecule has 0 aliphatic carbocycles. The Kier molecular flexibility index (Phi) is 3.31. The molecule has 0 aliphatic rings. The lowest BCUT2D eigenvalue weighted by atomic mass is 10.3. The Balaban J connectivity index is 0.000000184. The number of aromatic nitrogens is 2. The molecular weight excluding hydrogens is 181 g/mol. The van der Waals surface area contributed by atoms with E-state index in [4.69, 9.17) is 0 Å². The monoisotopic (exact) mass is 188 g/mol. The molecule has 1 heterocycles. The van der Waals surface area contributed by atoms with Gasteiger partial charge in [0.15, 0.2) is 0 Å². The molecule has 70 valence electrons. The molecule has 13 heavy (non-hydrogen) atoms. The predicted octanol–water partition coefficient (Wildman–Crippen LogP) is 2.74. The maximum Gasteiger partial charge on any atom is 0.379 e. The van der Waals surface area contributed by atoms with Gasteiger partial charge in [-0.2, -0.15) is 13.2 Å². The highest BCUT2D eigenvalue weighted by Crippen LogP contribution is 2.05. The van der Waals surface area contributed by atoms with E-state index in [1.807, 2.05) is 24.3 Å². The molecule has 1 N–H and O–H groups in total. The summed E-state index contributed by atoms with van der Waals surface area (Å²) in [5.41, 5.74) is 2.12. The van der Waals surface area contributed by atoms with E-state index in [0.717, 1.165) is 11.0 Å². The van der Waals surface area contributed by atoms with E-state index < -0.39 is 6.68 Å². The van der Waals surface area contributed by atoms with Crippen molar-refractivity contribution in [2.45, 2.75) is 6.68 Å². The molecule has 0 radical (unpaired) electrons. The molecule has 0 spiro atoms. The van der Waals surface area contributed by atoms with Crippen molar-refractivity contribution in [2.24, 2.45) is 0 Å². The van der Waals surface area contributed by atoms with Crippen LogP contribution in [-0.2, 0) is 0 Å². The molecule has 0 saturated heterocycles.